The van der Waals surface area contributed by atoms with Gasteiger partial charge in [-0.1, -0.05) is 23.2 Å². The second-order valence-corrected chi connectivity index (χ2v) is 3.27. The number of rotatable bonds is 0. The Hall–Kier alpha value is -0.280. The van der Waals surface area contributed by atoms with Crippen molar-refractivity contribution in [3.05, 3.63) is 0 Å². The molecule has 1 rings (SSSR count). The molecule has 0 saturated carbocycles. The fourth-order valence-electron chi connectivity index (χ4n) is 0.498. The van der Waals surface area contributed by atoms with Crippen molar-refractivity contribution in [1.29, 1.82) is 0 Å². The maximum absolute atomic E-state index is 10.5. The van der Waals surface area contributed by atoms with Crippen molar-refractivity contribution in [1.82, 2.24) is 5.43 Å². The highest BCUT2D eigenvalue weighted by Gasteiger charge is 2.28. The molecule has 1 aliphatic heterocycles. The molecule has 0 atom stereocenters. The van der Waals surface area contributed by atoms with Crippen LogP contribution in [0.4, 0.5) is 0 Å². The van der Waals surface area contributed by atoms with Gasteiger partial charge in [0.1, 0.15) is 0 Å². The van der Waals surface area contributed by atoms with Crippen LogP contribution in [0.3, 0.4) is 0 Å². The van der Waals surface area contributed by atoms with E-state index >= 15 is 0 Å². The van der Waals surface area contributed by atoms with Crippen LogP contribution < -0.4 is 5.43 Å². The number of hydrogen-bond acceptors (Lipinski definition) is 2. The second kappa shape index (κ2) is 2.15. The Bertz CT molecular complexity index is 166. The monoisotopic (exact) mass is 166 g/mol. The smallest absolute Gasteiger partial charge is 0.243 e. The average molecular weight is 167 g/mol. The van der Waals surface area contributed by atoms with E-state index in [1.165, 1.54) is 6.21 Å². The van der Waals surface area contributed by atoms with Gasteiger partial charge in [0.15, 0.2) is 4.33 Å². The van der Waals surface area contributed by atoms with Crippen molar-refractivity contribution in [2.45, 2.75) is 10.8 Å². The topological polar surface area (TPSA) is 41.5 Å². The summed E-state index contributed by atoms with van der Waals surface area (Å²) in [5, 5.41) is 3.42. The SMILES string of the molecule is O=C1CC(Cl)(Cl)C=NN1. The quantitative estimate of drug-likeness (QED) is 0.529. The molecule has 0 aromatic heterocycles. The van der Waals surface area contributed by atoms with Crippen molar-refractivity contribution >= 4 is 35.3 Å². The van der Waals surface area contributed by atoms with Crippen LogP contribution in [0.5, 0.6) is 0 Å². The molecule has 0 unspecified atom stereocenters. The minimum absolute atomic E-state index is 0.0691. The van der Waals surface area contributed by atoms with Crippen molar-refractivity contribution < 1.29 is 4.79 Å². The van der Waals surface area contributed by atoms with Crippen LogP contribution in [-0.4, -0.2) is 16.5 Å². The van der Waals surface area contributed by atoms with E-state index in [0.717, 1.165) is 0 Å². The standard InChI is InChI=1S/C4H4Cl2N2O/c5-4(6)1-3(9)8-7-2-4/h2H,1H2,(H,8,9). The van der Waals surface area contributed by atoms with Gasteiger partial charge in [0.2, 0.25) is 5.91 Å². The lowest BCUT2D eigenvalue weighted by Gasteiger charge is -2.16. The Morgan fingerprint density at radius 2 is 2.44 bits per heavy atom. The fourth-order valence-corrected chi connectivity index (χ4v) is 0.838. The van der Waals surface area contributed by atoms with Crippen LogP contribution >= 0.6 is 23.2 Å². The van der Waals surface area contributed by atoms with E-state index in [1.54, 1.807) is 0 Å². The molecule has 1 N–H and O–H groups in total. The highest BCUT2D eigenvalue weighted by Crippen LogP contribution is 2.24. The molecule has 1 heterocycles. The summed E-state index contributed by atoms with van der Waals surface area (Å²) in [7, 11) is 0. The van der Waals surface area contributed by atoms with Crippen molar-refractivity contribution in [3.63, 3.8) is 0 Å². The number of nitrogens with zero attached hydrogens (tertiary/aromatic N) is 1. The average Bonchev–Trinajstić information content (AvgIpc) is 1.60. The van der Waals surface area contributed by atoms with Gasteiger partial charge in [0.05, 0.1) is 12.6 Å². The third-order valence-corrected chi connectivity index (χ3v) is 1.30. The predicted molar refractivity (Wildman–Crippen MR) is 35.7 cm³/mol. The zero-order valence-corrected chi connectivity index (χ0v) is 5.91. The van der Waals surface area contributed by atoms with E-state index < -0.39 is 4.33 Å². The predicted octanol–water partition coefficient (Wildman–Crippen LogP) is 0.666. The third kappa shape index (κ3) is 1.84. The van der Waals surface area contributed by atoms with Crippen LogP contribution in [0.15, 0.2) is 5.10 Å². The molecule has 5 heteroatoms. The fraction of sp³-hybridized carbons (Fsp3) is 0.500. The Morgan fingerprint density at radius 3 is 2.78 bits per heavy atom. The summed E-state index contributed by atoms with van der Waals surface area (Å²) in [6, 6.07) is 0. The maximum atomic E-state index is 10.5. The minimum atomic E-state index is -1.11. The number of hydrogen-bond donors (Lipinski definition) is 1. The van der Waals surface area contributed by atoms with Gasteiger partial charge in [0, 0.05) is 0 Å². The van der Waals surface area contributed by atoms with E-state index in [4.69, 9.17) is 23.2 Å². The van der Waals surface area contributed by atoms with Gasteiger partial charge in [-0.25, -0.2) is 5.43 Å². The number of hydrazone groups is 1. The van der Waals surface area contributed by atoms with Gasteiger partial charge in [0.25, 0.3) is 0 Å². The van der Waals surface area contributed by atoms with Gasteiger partial charge >= 0.3 is 0 Å². The molecule has 50 valence electrons. The minimum Gasteiger partial charge on any atom is -0.273 e. The highest BCUT2D eigenvalue weighted by atomic mass is 35.5. The lowest BCUT2D eigenvalue weighted by molar-refractivity contribution is -0.121. The summed E-state index contributed by atoms with van der Waals surface area (Å²) in [6.07, 6.45) is 1.36. The van der Waals surface area contributed by atoms with Gasteiger partial charge in [-0.05, 0) is 0 Å². The number of alkyl halides is 2. The van der Waals surface area contributed by atoms with Crippen LogP contribution in [-0.2, 0) is 4.79 Å². The molecule has 0 aromatic carbocycles. The van der Waals surface area contributed by atoms with Crippen molar-refractivity contribution in [2.75, 3.05) is 0 Å². The van der Waals surface area contributed by atoms with Crippen LogP contribution in [0.1, 0.15) is 6.42 Å². The molecule has 1 amide bonds. The first-order valence-corrected chi connectivity index (χ1v) is 3.07. The highest BCUT2D eigenvalue weighted by molar-refractivity contribution is 6.57. The maximum Gasteiger partial charge on any atom is 0.243 e. The molecule has 0 bridgehead atoms. The van der Waals surface area contributed by atoms with E-state index in [-0.39, 0.29) is 12.3 Å². The number of amides is 1. The lowest BCUT2D eigenvalue weighted by Crippen LogP contribution is -2.33. The lowest BCUT2D eigenvalue weighted by atomic mass is 10.3. The van der Waals surface area contributed by atoms with Crippen LogP contribution in [0.25, 0.3) is 0 Å². The Labute approximate surface area is 62.0 Å². The first-order valence-electron chi connectivity index (χ1n) is 2.31. The molecular weight excluding hydrogens is 163 g/mol. The first-order chi connectivity index (χ1) is 4.10. The molecule has 9 heavy (non-hydrogen) atoms. The zero-order chi connectivity index (χ0) is 6.91. The number of carbonyl (C=O) groups is 1. The van der Waals surface area contributed by atoms with E-state index in [2.05, 4.69) is 10.5 Å². The second-order valence-electron chi connectivity index (χ2n) is 1.73. The Balaban J connectivity index is 2.71. The van der Waals surface area contributed by atoms with Crippen molar-refractivity contribution in [2.24, 2.45) is 5.10 Å². The molecule has 3 nitrogen and oxygen atoms in total. The summed E-state index contributed by atoms with van der Waals surface area (Å²) in [4.78, 5) is 10.5. The molecule has 1 aliphatic rings. The molecule has 0 saturated heterocycles. The number of halogens is 2. The van der Waals surface area contributed by atoms with Gasteiger partial charge in [-0.15, -0.1) is 0 Å². The summed E-state index contributed by atoms with van der Waals surface area (Å²) in [6.45, 7) is 0. The normalized spacial score (nSPS) is 23.6. The van der Waals surface area contributed by atoms with E-state index in [1.807, 2.05) is 0 Å². The first kappa shape index (κ1) is 6.83. The van der Waals surface area contributed by atoms with Gasteiger partial charge in [-0.3, -0.25) is 4.79 Å². The Morgan fingerprint density at radius 1 is 1.78 bits per heavy atom. The van der Waals surface area contributed by atoms with Crippen LogP contribution in [0.2, 0.25) is 0 Å². The molecule has 0 radical (unpaired) electrons. The van der Waals surface area contributed by atoms with Crippen molar-refractivity contribution in [3.8, 4) is 0 Å². The molecule has 0 spiro atoms. The zero-order valence-electron chi connectivity index (χ0n) is 4.40. The largest absolute Gasteiger partial charge is 0.273 e. The Kier molecular flexibility index (Phi) is 1.64. The summed E-state index contributed by atoms with van der Waals surface area (Å²) >= 11 is 11.0. The summed E-state index contributed by atoms with van der Waals surface area (Å²) < 4.78 is -1.11. The van der Waals surface area contributed by atoms with Crippen LogP contribution in [0, 0.1) is 0 Å². The summed E-state index contributed by atoms with van der Waals surface area (Å²) in [5.41, 5.74) is 2.20. The molecule has 0 aromatic rings. The van der Waals surface area contributed by atoms with Gasteiger partial charge in [-0.2, -0.15) is 5.10 Å². The molecule has 0 aliphatic carbocycles. The number of carbonyl (C=O) groups excluding carboxylic acids is 1. The number of nitrogens with one attached hydrogen (secondary N) is 1. The van der Waals surface area contributed by atoms with E-state index in [0.29, 0.717) is 0 Å². The molecular formula is C4H4Cl2N2O. The third-order valence-electron chi connectivity index (χ3n) is 0.839. The van der Waals surface area contributed by atoms with E-state index in [9.17, 15) is 4.79 Å². The molecule has 0 fully saturated rings. The summed E-state index contributed by atoms with van der Waals surface area (Å²) in [5.74, 6) is -0.262. The van der Waals surface area contributed by atoms with Gasteiger partial charge < -0.3 is 0 Å².